The molecule has 3 heterocycles. The molecule has 2 aliphatic rings. The van der Waals surface area contributed by atoms with Gasteiger partial charge in [0.2, 0.25) is 5.91 Å². The molecule has 1 aromatic heterocycles. The minimum Gasteiger partial charge on any atom is -0.349 e. The maximum absolute atomic E-state index is 12.7. The second kappa shape index (κ2) is 9.24. The molecule has 2 saturated heterocycles. The summed E-state index contributed by atoms with van der Waals surface area (Å²) in [4.78, 5) is 36.8. The number of hydroxylamine groups is 2. The van der Waals surface area contributed by atoms with Gasteiger partial charge in [0.15, 0.2) is 0 Å². The molecule has 0 spiro atoms. The molecular weight excluding hydrogens is 402 g/mol. The number of hydrogen-bond donors (Lipinski definition) is 1. The highest BCUT2D eigenvalue weighted by Crippen LogP contribution is 2.23. The summed E-state index contributed by atoms with van der Waals surface area (Å²) in [6.45, 7) is 2.61. The van der Waals surface area contributed by atoms with Gasteiger partial charge in [-0.15, -0.1) is 11.3 Å². The van der Waals surface area contributed by atoms with Crippen LogP contribution in [0.2, 0.25) is 0 Å². The van der Waals surface area contributed by atoms with Crippen molar-refractivity contribution in [2.24, 2.45) is 5.92 Å². The molecule has 2 aromatic rings. The predicted octanol–water partition coefficient (Wildman–Crippen LogP) is 2.77. The van der Waals surface area contributed by atoms with Gasteiger partial charge >= 0.3 is 6.03 Å². The zero-order chi connectivity index (χ0) is 20.9. The summed E-state index contributed by atoms with van der Waals surface area (Å²) in [6, 6.07) is 9.22. The zero-order valence-electron chi connectivity index (χ0n) is 16.5. The van der Waals surface area contributed by atoms with Gasteiger partial charge in [-0.25, -0.2) is 14.8 Å². The molecule has 1 atom stereocenters. The molecule has 2 aliphatic heterocycles. The highest BCUT2D eigenvalue weighted by molar-refractivity contribution is 7.09. The lowest BCUT2D eigenvalue weighted by molar-refractivity contribution is -0.127. The van der Waals surface area contributed by atoms with Crippen molar-refractivity contribution in [3.8, 4) is 17.3 Å². The molecule has 156 valence electrons. The van der Waals surface area contributed by atoms with E-state index in [2.05, 4.69) is 16.4 Å². The first-order valence-corrected chi connectivity index (χ1v) is 10.9. The maximum Gasteiger partial charge on any atom is 0.343 e. The normalized spacial score (nSPS) is 18.8. The topological polar surface area (TPSA) is 98.6 Å². The Kier molecular flexibility index (Phi) is 6.26. The van der Waals surface area contributed by atoms with Crippen molar-refractivity contribution in [2.75, 3.05) is 26.2 Å². The van der Waals surface area contributed by atoms with Crippen LogP contribution in [0.3, 0.4) is 0 Å². The zero-order valence-corrected chi connectivity index (χ0v) is 17.4. The first-order valence-electron chi connectivity index (χ1n) is 10.1. The maximum atomic E-state index is 12.7. The number of urea groups is 1. The average molecular weight is 426 g/mol. The second-order valence-corrected chi connectivity index (χ2v) is 8.33. The number of likely N-dealkylation sites (tertiary alicyclic amines) is 1. The van der Waals surface area contributed by atoms with Crippen molar-refractivity contribution >= 4 is 23.3 Å². The number of benzene rings is 1. The van der Waals surface area contributed by atoms with Crippen LogP contribution >= 0.6 is 11.3 Å². The quantitative estimate of drug-likeness (QED) is 0.812. The van der Waals surface area contributed by atoms with E-state index in [9.17, 15) is 9.59 Å². The van der Waals surface area contributed by atoms with Gasteiger partial charge in [0, 0.05) is 24.0 Å². The van der Waals surface area contributed by atoms with Gasteiger partial charge in [-0.05, 0) is 31.4 Å². The first kappa shape index (κ1) is 20.3. The molecule has 1 aromatic carbocycles. The summed E-state index contributed by atoms with van der Waals surface area (Å²) < 4.78 is 0. The van der Waals surface area contributed by atoms with Crippen LogP contribution < -0.4 is 5.32 Å². The molecule has 0 saturated carbocycles. The Hall–Kier alpha value is -2.96. The Bertz CT molecular complexity index is 946. The summed E-state index contributed by atoms with van der Waals surface area (Å²) in [5.41, 5.74) is 2.37. The second-order valence-electron chi connectivity index (χ2n) is 7.39. The Balaban J connectivity index is 1.30. The van der Waals surface area contributed by atoms with Crippen LogP contribution in [0.1, 0.15) is 29.8 Å². The van der Waals surface area contributed by atoms with Crippen molar-refractivity contribution in [2.45, 2.75) is 25.8 Å². The number of piperidine rings is 1. The van der Waals surface area contributed by atoms with Crippen molar-refractivity contribution in [1.29, 1.82) is 5.26 Å². The minimum absolute atomic E-state index is 0.0510. The van der Waals surface area contributed by atoms with E-state index in [1.165, 1.54) is 16.4 Å². The highest BCUT2D eigenvalue weighted by atomic mass is 32.1. The molecule has 0 radical (unpaired) electrons. The van der Waals surface area contributed by atoms with Gasteiger partial charge in [-0.3, -0.25) is 9.63 Å². The minimum atomic E-state index is -0.219. The smallest absolute Gasteiger partial charge is 0.343 e. The van der Waals surface area contributed by atoms with E-state index in [1.54, 1.807) is 17.0 Å². The van der Waals surface area contributed by atoms with Gasteiger partial charge in [0.25, 0.3) is 0 Å². The van der Waals surface area contributed by atoms with E-state index >= 15 is 0 Å². The van der Waals surface area contributed by atoms with Crippen molar-refractivity contribution < 1.29 is 14.4 Å². The third kappa shape index (κ3) is 4.61. The highest BCUT2D eigenvalue weighted by Gasteiger charge is 2.32. The third-order valence-electron chi connectivity index (χ3n) is 5.30. The number of carbonyl (C=O) groups is 2. The van der Waals surface area contributed by atoms with E-state index in [-0.39, 0.29) is 17.9 Å². The number of carbonyl (C=O) groups excluding carboxylic acids is 2. The Labute approximate surface area is 179 Å². The molecule has 2 fully saturated rings. The van der Waals surface area contributed by atoms with Crippen molar-refractivity contribution in [3.05, 3.63) is 40.2 Å². The van der Waals surface area contributed by atoms with Gasteiger partial charge < -0.3 is 10.2 Å². The number of aromatic nitrogens is 1. The molecule has 9 heteroatoms. The van der Waals surface area contributed by atoms with Crippen LogP contribution in [0.15, 0.2) is 29.6 Å². The van der Waals surface area contributed by atoms with Gasteiger partial charge in [-0.1, -0.05) is 12.1 Å². The fourth-order valence-electron chi connectivity index (χ4n) is 3.67. The SMILES string of the molecule is N#Cc1ccc(-c2csc(CNC(=O)[C@H]3CCCN(C(=O)N4CCCO4)C3)n2)cc1. The molecule has 1 N–H and O–H groups in total. The van der Waals surface area contributed by atoms with Crippen LogP contribution in [-0.2, 0) is 16.2 Å². The molecular formula is C21H23N5O3S. The number of nitrogens with one attached hydrogen (secondary N) is 1. The summed E-state index contributed by atoms with van der Waals surface area (Å²) in [5.74, 6) is -0.270. The van der Waals surface area contributed by atoms with Crippen LogP contribution in [-0.4, -0.2) is 53.1 Å². The summed E-state index contributed by atoms with van der Waals surface area (Å²) >= 11 is 1.49. The molecule has 0 bridgehead atoms. The largest absolute Gasteiger partial charge is 0.349 e. The first-order chi connectivity index (χ1) is 14.6. The number of thiazole rings is 1. The number of rotatable bonds is 4. The van der Waals surface area contributed by atoms with Crippen molar-refractivity contribution in [1.82, 2.24) is 20.3 Å². The molecule has 4 rings (SSSR count). The number of amides is 3. The van der Waals surface area contributed by atoms with E-state index in [0.717, 1.165) is 35.5 Å². The lowest BCUT2D eigenvalue weighted by atomic mass is 9.97. The van der Waals surface area contributed by atoms with Crippen LogP contribution in [0.5, 0.6) is 0 Å². The molecule has 3 amide bonds. The van der Waals surface area contributed by atoms with Crippen molar-refractivity contribution in [3.63, 3.8) is 0 Å². The van der Waals surface area contributed by atoms with Gasteiger partial charge in [0.1, 0.15) is 5.01 Å². The fraction of sp³-hybridized carbons (Fsp3) is 0.429. The number of nitriles is 1. The summed E-state index contributed by atoms with van der Waals surface area (Å²) in [6.07, 6.45) is 2.42. The van der Waals surface area contributed by atoms with Gasteiger partial charge in [-0.2, -0.15) is 5.26 Å². The predicted molar refractivity (Wildman–Crippen MR) is 111 cm³/mol. The van der Waals surface area contributed by atoms with E-state index < -0.39 is 0 Å². The monoisotopic (exact) mass is 425 g/mol. The van der Waals surface area contributed by atoms with Gasteiger partial charge in [0.05, 0.1) is 42.9 Å². The molecule has 8 nitrogen and oxygen atoms in total. The lowest BCUT2D eigenvalue weighted by Gasteiger charge is -2.33. The summed E-state index contributed by atoms with van der Waals surface area (Å²) in [7, 11) is 0. The lowest BCUT2D eigenvalue weighted by Crippen LogP contribution is -2.49. The van der Waals surface area contributed by atoms with Crippen LogP contribution in [0.25, 0.3) is 11.3 Å². The standard InChI is InChI=1S/C21H23N5O3S/c22-11-15-4-6-16(7-5-15)18-14-30-19(24-18)12-23-20(27)17-3-1-8-25(13-17)21(28)26-9-2-10-29-26/h4-7,14,17H,1-3,8-10,12-13H2,(H,23,27)/t17-/m0/s1. The summed E-state index contributed by atoms with van der Waals surface area (Å²) in [5, 5.41) is 16.0. The van der Waals surface area contributed by atoms with Crippen LogP contribution in [0.4, 0.5) is 4.79 Å². The Morgan fingerprint density at radius 3 is 2.83 bits per heavy atom. The Morgan fingerprint density at radius 2 is 2.10 bits per heavy atom. The number of hydrogen-bond acceptors (Lipinski definition) is 6. The number of nitrogens with zero attached hydrogens (tertiary/aromatic N) is 4. The Morgan fingerprint density at radius 1 is 1.27 bits per heavy atom. The van der Waals surface area contributed by atoms with E-state index in [4.69, 9.17) is 10.1 Å². The van der Waals surface area contributed by atoms with E-state index in [0.29, 0.717) is 38.3 Å². The fourth-order valence-corrected chi connectivity index (χ4v) is 4.41. The average Bonchev–Trinajstić information content (AvgIpc) is 3.49. The van der Waals surface area contributed by atoms with E-state index in [1.807, 2.05) is 17.5 Å². The third-order valence-corrected chi connectivity index (χ3v) is 6.15. The molecule has 0 aliphatic carbocycles. The molecule has 0 unspecified atom stereocenters. The van der Waals surface area contributed by atoms with Crippen LogP contribution in [0, 0.1) is 17.2 Å². The molecule has 30 heavy (non-hydrogen) atoms.